The van der Waals surface area contributed by atoms with Crippen molar-refractivity contribution < 1.29 is 0 Å². The Bertz CT molecular complexity index is 1450. The van der Waals surface area contributed by atoms with Crippen molar-refractivity contribution in [3.05, 3.63) is 118 Å². The second kappa shape index (κ2) is 6.78. The molecule has 0 saturated carbocycles. The van der Waals surface area contributed by atoms with E-state index in [2.05, 4.69) is 113 Å². The Hall–Kier alpha value is -3.45. The highest BCUT2D eigenvalue weighted by Gasteiger charge is 2.38. The van der Waals surface area contributed by atoms with Gasteiger partial charge in [-0.05, 0) is 50.1 Å². The number of nitrogens with one attached hydrogen (secondary N) is 1. The summed E-state index contributed by atoms with van der Waals surface area (Å²) >= 11 is 0. The van der Waals surface area contributed by atoms with Crippen molar-refractivity contribution >= 4 is 5.71 Å². The summed E-state index contributed by atoms with van der Waals surface area (Å²) in [5, 5.41) is 9.14. The molecular formula is C32H29N. The Kier molecular flexibility index (Phi) is 4.14. The van der Waals surface area contributed by atoms with Crippen molar-refractivity contribution in [2.24, 2.45) is 0 Å². The third kappa shape index (κ3) is 2.75. The molecule has 0 aromatic heterocycles. The number of rotatable bonds is 3. The molecule has 4 aromatic carbocycles. The second-order valence-corrected chi connectivity index (χ2v) is 10.6. The van der Waals surface area contributed by atoms with E-state index in [1.807, 2.05) is 0 Å². The Morgan fingerprint density at radius 2 is 1.18 bits per heavy atom. The van der Waals surface area contributed by atoms with Gasteiger partial charge in [-0.15, -0.1) is 0 Å². The molecule has 0 atom stereocenters. The van der Waals surface area contributed by atoms with Gasteiger partial charge in [0.2, 0.25) is 0 Å². The van der Waals surface area contributed by atoms with E-state index in [9.17, 15) is 0 Å². The van der Waals surface area contributed by atoms with E-state index >= 15 is 0 Å². The van der Waals surface area contributed by atoms with Crippen LogP contribution in [0.5, 0.6) is 0 Å². The van der Waals surface area contributed by atoms with Crippen LogP contribution >= 0.6 is 0 Å². The van der Waals surface area contributed by atoms with Crippen LogP contribution in [-0.4, -0.2) is 5.71 Å². The van der Waals surface area contributed by atoms with Crippen LogP contribution in [0.25, 0.3) is 22.3 Å². The lowest BCUT2D eigenvalue weighted by atomic mass is 9.78. The number of hydrogen-bond acceptors (Lipinski definition) is 1. The van der Waals surface area contributed by atoms with Gasteiger partial charge in [0.15, 0.2) is 0 Å². The first-order valence-corrected chi connectivity index (χ1v) is 11.8. The second-order valence-electron chi connectivity index (χ2n) is 10.6. The third-order valence-corrected chi connectivity index (χ3v) is 7.93. The SMILES string of the molecule is CC1(C)c2ccccc2-c2cc(CC(=N)c3cccc4c3C(C)(C)c3ccccc3-4)ccc21. The fourth-order valence-corrected chi connectivity index (χ4v) is 6.28. The Morgan fingerprint density at radius 3 is 1.91 bits per heavy atom. The zero-order valence-corrected chi connectivity index (χ0v) is 19.8. The van der Waals surface area contributed by atoms with Gasteiger partial charge in [-0.1, -0.05) is 113 Å². The molecule has 0 bridgehead atoms. The van der Waals surface area contributed by atoms with Gasteiger partial charge in [0.05, 0.1) is 0 Å². The molecule has 0 spiro atoms. The first kappa shape index (κ1) is 20.2. The average Bonchev–Trinajstić information content (AvgIpc) is 3.19. The molecule has 1 heteroatoms. The van der Waals surface area contributed by atoms with E-state index in [-0.39, 0.29) is 10.8 Å². The summed E-state index contributed by atoms with van der Waals surface area (Å²) in [6, 6.07) is 30.8. The fraction of sp³-hybridized carbons (Fsp3) is 0.219. The molecule has 0 unspecified atom stereocenters. The van der Waals surface area contributed by atoms with Crippen LogP contribution in [0.15, 0.2) is 84.9 Å². The van der Waals surface area contributed by atoms with Crippen LogP contribution in [0.4, 0.5) is 0 Å². The normalized spacial score (nSPS) is 16.0. The minimum Gasteiger partial charge on any atom is -0.304 e. The minimum absolute atomic E-state index is 0.0218. The predicted molar refractivity (Wildman–Crippen MR) is 139 cm³/mol. The molecule has 33 heavy (non-hydrogen) atoms. The van der Waals surface area contributed by atoms with Gasteiger partial charge in [0.1, 0.15) is 0 Å². The van der Waals surface area contributed by atoms with Crippen molar-refractivity contribution in [1.82, 2.24) is 0 Å². The Labute approximate surface area is 196 Å². The van der Waals surface area contributed by atoms with Crippen molar-refractivity contribution in [3.63, 3.8) is 0 Å². The summed E-state index contributed by atoms with van der Waals surface area (Å²) in [4.78, 5) is 0. The van der Waals surface area contributed by atoms with E-state index in [0.29, 0.717) is 12.1 Å². The van der Waals surface area contributed by atoms with E-state index in [4.69, 9.17) is 5.41 Å². The summed E-state index contributed by atoms with van der Waals surface area (Å²) in [6.07, 6.45) is 0.638. The van der Waals surface area contributed by atoms with Crippen molar-refractivity contribution in [1.29, 1.82) is 5.41 Å². The predicted octanol–water partition coefficient (Wildman–Crippen LogP) is 7.91. The van der Waals surface area contributed by atoms with E-state index in [1.165, 1.54) is 50.1 Å². The lowest BCUT2D eigenvalue weighted by molar-refractivity contribution is 0.658. The first-order valence-electron chi connectivity index (χ1n) is 11.8. The molecule has 0 aliphatic heterocycles. The standard InChI is InChI=1S/C32H29N/c1-31(2)26-14-7-6-11-22(26)25-18-20(16-17-28(25)31)19-29(33)24-13-9-12-23-21-10-5-8-15-27(21)32(3,4)30(23)24/h5-18,33H,19H2,1-4H3. The van der Waals surface area contributed by atoms with Crippen molar-refractivity contribution in [2.45, 2.75) is 44.9 Å². The first-order chi connectivity index (χ1) is 15.8. The van der Waals surface area contributed by atoms with Gasteiger partial charge in [-0.3, -0.25) is 0 Å². The largest absolute Gasteiger partial charge is 0.304 e. The van der Waals surface area contributed by atoms with E-state index < -0.39 is 0 Å². The number of hydrogen-bond donors (Lipinski definition) is 1. The quantitative estimate of drug-likeness (QED) is 0.321. The van der Waals surface area contributed by atoms with Gasteiger partial charge >= 0.3 is 0 Å². The van der Waals surface area contributed by atoms with Crippen LogP contribution in [0.2, 0.25) is 0 Å². The summed E-state index contributed by atoms with van der Waals surface area (Å²) < 4.78 is 0. The lowest BCUT2D eigenvalue weighted by Crippen LogP contribution is -2.20. The highest BCUT2D eigenvalue weighted by Crippen LogP contribution is 2.51. The molecule has 0 amide bonds. The van der Waals surface area contributed by atoms with Crippen LogP contribution in [-0.2, 0) is 17.3 Å². The molecule has 0 saturated heterocycles. The number of fused-ring (bicyclic) bond motifs is 6. The van der Waals surface area contributed by atoms with Crippen LogP contribution in [0.3, 0.4) is 0 Å². The smallest absolute Gasteiger partial charge is 0.0433 e. The summed E-state index contributed by atoms with van der Waals surface area (Å²) in [7, 11) is 0. The minimum atomic E-state index is -0.101. The summed E-state index contributed by atoms with van der Waals surface area (Å²) in [5.41, 5.74) is 13.6. The number of benzene rings is 4. The molecule has 1 N–H and O–H groups in total. The van der Waals surface area contributed by atoms with Crippen LogP contribution < -0.4 is 0 Å². The maximum atomic E-state index is 9.14. The molecule has 1 nitrogen and oxygen atoms in total. The van der Waals surface area contributed by atoms with Gasteiger partial charge < -0.3 is 5.41 Å². The molecule has 6 rings (SSSR count). The average molecular weight is 428 g/mol. The van der Waals surface area contributed by atoms with Crippen LogP contribution in [0.1, 0.15) is 61.1 Å². The van der Waals surface area contributed by atoms with Gasteiger partial charge in [-0.2, -0.15) is 0 Å². The molecule has 2 aliphatic rings. The Balaban J connectivity index is 1.40. The topological polar surface area (TPSA) is 23.9 Å². The summed E-state index contributed by atoms with van der Waals surface area (Å²) in [5.74, 6) is 0. The van der Waals surface area contributed by atoms with Crippen molar-refractivity contribution in [3.8, 4) is 22.3 Å². The van der Waals surface area contributed by atoms with E-state index in [1.54, 1.807) is 0 Å². The van der Waals surface area contributed by atoms with Gasteiger partial charge in [0, 0.05) is 28.5 Å². The highest BCUT2D eigenvalue weighted by molar-refractivity contribution is 6.04. The maximum Gasteiger partial charge on any atom is 0.0433 e. The zero-order chi connectivity index (χ0) is 23.0. The van der Waals surface area contributed by atoms with Gasteiger partial charge in [-0.25, -0.2) is 0 Å². The molecular weight excluding hydrogens is 398 g/mol. The molecule has 4 aromatic rings. The summed E-state index contributed by atoms with van der Waals surface area (Å²) in [6.45, 7) is 9.21. The molecule has 2 aliphatic carbocycles. The monoisotopic (exact) mass is 427 g/mol. The van der Waals surface area contributed by atoms with Crippen molar-refractivity contribution in [2.75, 3.05) is 0 Å². The fourth-order valence-electron chi connectivity index (χ4n) is 6.28. The maximum absolute atomic E-state index is 9.14. The molecule has 0 heterocycles. The zero-order valence-electron chi connectivity index (χ0n) is 19.8. The van der Waals surface area contributed by atoms with Gasteiger partial charge in [0.25, 0.3) is 0 Å². The van der Waals surface area contributed by atoms with E-state index in [0.717, 1.165) is 5.56 Å². The third-order valence-electron chi connectivity index (χ3n) is 7.93. The molecule has 0 fully saturated rings. The molecule has 162 valence electrons. The lowest BCUT2D eigenvalue weighted by Gasteiger charge is -2.24. The molecule has 0 radical (unpaired) electrons. The van der Waals surface area contributed by atoms with Crippen LogP contribution in [0, 0.1) is 5.41 Å². The highest BCUT2D eigenvalue weighted by atomic mass is 14.5. The Morgan fingerprint density at radius 1 is 0.606 bits per heavy atom.